The molecule has 1 aliphatic heterocycles. The van der Waals surface area contributed by atoms with Crippen LogP contribution in [-0.2, 0) is 38.3 Å². The number of oxazole rings is 1. The average molecular weight is 591 g/mol. The van der Waals surface area contributed by atoms with Gasteiger partial charge < -0.3 is 19.2 Å². The van der Waals surface area contributed by atoms with Gasteiger partial charge in [-0.1, -0.05) is 17.7 Å². The van der Waals surface area contributed by atoms with Crippen molar-refractivity contribution < 1.29 is 32.3 Å². The number of benzene rings is 1. The lowest BCUT2D eigenvalue weighted by Crippen LogP contribution is -2.38. The van der Waals surface area contributed by atoms with E-state index in [4.69, 9.17) is 30.5 Å². The predicted molar refractivity (Wildman–Crippen MR) is 142 cm³/mol. The average Bonchev–Trinajstić information content (AvgIpc) is 3.64. The molecule has 2 aromatic heterocycles. The maximum absolute atomic E-state index is 14.6. The van der Waals surface area contributed by atoms with Crippen molar-refractivity contribution in [2.45, 2.75) is 45.1 Å². The van der Waals surface area contributed by atoms with E-state index in [1.165, 1.54) is 24.5 Å². The summed E-state index contributed by atoms with van der Waals surface area (Å²) < 4.78 is 44.6. The fourth-order valence-corrected chi connectivity index (χ4v) is 5.68. The number of nitrogens with zero attached hydrogens (tertiary/aromatic N) is 3. The third-order valence-electron chi connectivity index (χ3n) is 6.73. The summed E-state index contributed by atoms with van der Waals surface area (Å²) in [5, 5.41) is 5.15. The van der Waals surface area contributed by atoms with Gasteiger partial charge in [0.1, 0.15) is 11.8 Å². The van der Waals surface area contributed by atoms with Crippen LogP contribution in [0, 0.1) is 17.6 Å². The van der Waals surface area contributed by atoms with Crippen LogP contribution in [0.25, 0.3) is 0 Å². The number of rotatable bonds is 8. The number of carbonyl (C=O) groups excluding carboxylic acids is 2. The second-order valence-electron chi connectivity index (χ2n) is 9.15. The molecular weight excluding hydrogens is 566 g/mol. The third kappa shape index (κ3) is 5.50. The van der Waals surface area contributed by atoms with Gasteiger partial charge in [0.15, 0.2) is 28.4 Å². The van der Waals surface area contributed by atoms with Crippen LogP contribution in [0.15, 0.2) is 44.4 Å². The van der Waals surface area contributed by atoms with E-state index in [1.54, 1.807) is 18.5 Å². The molecule has 0 bridgehead atoms. The number of allylic oxidation sites excluding steroid dienone is 1. The van der Waals surface area contributed by atoms with Gasteiger partial charge in [0.05, 0.1) is 36.4 Å². The fraction of sp³-hybridized carbons (Fsp3) is 0.370. The maximum atomic E-state index is 14.6. The van der Waals surface area contributed by atoms with E-state index in [-0.39, 0.29) is 36.1 Å². The van der Waals surface area contributed by atoms with Crippen molar-refractivity contribution in [1.29, 1.82) is 0 Å². The lowest BCUT2D eigenvalue weighted by Gasteiger charge is -2.32. The van der Waals surface area contributed by atoms with Gasteiger partial charge in [0.2, 0.25) is 0 Å². The quantitative estimate of drug-likeness (QED) is 0.291. The molecule has 3 aromatic rings. The van der Waals surface area contributed by atoms with Crippen molar-refractivity contribution in [1.82, 2.24) is 15.3 Å². The molecule has 210 valence electrons. The molecule has 9 nitrogen and oxygen atoms in total. The van der Waals surface area contributed by atoms with E-state index < -0.39 is 28.7 Å². The van der Waals surface area contributed by atoms with Crippen LogP contribution in [0.3, 0.4) is 0 Å². The zero-order valence-electron chi connectivity index (χ0n) is 21.6. The van der Waals surface area contributed by atoms with E-state index in [0.717, 1.165) is 11.8 Å². The Morgan fingerprint density at radius 3 is 2.85 bits per heavy atom. The molecule has 3 heterocycles. The van der Waals surface area contributed by atoms with E-state index in [2.05, 4.69) is 15.3 Å². The number of hydrogen-bond acceptors (Lipinski definition) is 10. The summed E-state index contributed by atoms with van der Waals surface area (Å²) in [6.45, 7) is 1.77. The molecule has 13 heteroatoms. The van der Waals surface area contributed by atoms with Crippen molar-refractivity contribution in [3.05, 3.63) is 79.6 Å². The van der Waals surface area contributed by atoms with Gasteiger partial charge in [0.25, 0.3) is 0 Å². The zero-order chi connectivity index (χ0) is 28.4. The van der Waals surface area contributed by atoms with Crippen molar-refractivity contribution in [2.75, 3.05) is 13.7 Å². The molecule has 0 spiro atoms. The first kappa shape index (κ1) is 27.9. The highest BCUT2D eigenvalue weighted by molar-refractivity contribution is 7.11. The Kier molecular flexibility index (Phi) is 8.27. The van der Waals surface area contributed by atoms with E-state index >= 15 is 0 Å². The van der Waals surface area contributed by atoms with Gasteiger partial charge in [0, 0.05) is 41.6 Å². The number of halogens is 3. The summed E-state index contributed by atoms with van der Waals surface area (Å²) in [6, 6.07) is 1.19. The molecule has 1 aliphatic carbocycles. The Morgan fingerprint density at radius 1 is 1.30 bits per heavy atom. The van der Waals surface area contributed by atoms with Gasteiger partial charge in [-0.05, 0) is 25.8 Å². The highest BCUT2D eigenvalue weighted by Gasteiger charge is 2.39. The number of carbonyl (C=O) groups is 2. The van der Waals surface area contributed by atoms with Crippen LogP contribution >= 0.6 is 22.9 Å². The normalized spacial score (nSPS) is 18.6. The minimum Gasteiger partial charge on any atom is -0.469 e. The second kappa shape index (κ2) is 11.8. The first-order chi connectivity index (χ1) is 19.3. The van der Waals surface area contributed by atoms with Gasteiger partial charge in [-0.3, -0.25) is 9.79 Å². The summed E-state index contributed by atoms with van der Waals surface area (Å²) in [5.41, 5.74) is 1.58. The summed E-state index contributed by atoms with van der Waals surface area (Å²) in [4.78, 5) is 38.6. The number of hydrogen-bond donors (Lipinski definition) is 1. The largest absolute Gasteiger partial charge is 0.469 e. The number of methoxy groups -OCH3 is 1. The van der Waals surface area contributed by atoms with Crippen LogP contribution < -0.4 is 5.32 Å². The Balaban J connectivity index is 1.57. The topological polar surface area (TPSA) is 116 Å². The lowest BCUT2D eigenvalue weighted by atomic mass is 9.83. The number of aliphatic imine (C=N–C) groups is 1. The summed E-state index contributed by atoms with van der Waals surface area (Å²) in [6.07, 6.45) is 3.62. The Bertz CT molecular complexity index is 1500. The van der Waals surface area contributed by atoms with Gasteiger partial charge in [-0.25, -0.2) is 23.5 Å². The molecule has 0 fully saturated rings. The molecule has 40 heavy (non-hydrogen) atoms. The molecule has 5 rings (SSSR count). The molecular formula is C27H25ClF2N4O5S. The van der Waals surface area contributed by atoms with Gasteiger partial charge >= 0.3 is 11.9 Å². The minimum absolute atomic E-state index is 0.0946. The number of thiazole rings is 1. The van der Waals surface area contributed by atoms with Crippen LogP contribution in [-0.4, -0.2) is 41.5 Å². The monoisotopic (exact) mass is 590 g/mol. The number of fused-ring (bicyclic) bond motifs is 1. The number of aryl methyl sites for hydroxylation is 2. The van der Waals surface area contributed by atoms with E-state index in [0.29, 0.717) is 53.9 Å². The molecule has 0 saturated carbocycles. The third-order valence-corrected chi connectivity index (χ3v) is 7.89. The molecule has 0 saturated heterocycles. The number of amidine groups is 1. The highest BCUT2D eigenvalue weighted by atomic mass is 35.5. The maximum Gasteiger partial charge on any atom is 0.338 e. The molecule has 0 amide bonds. The van der Waals surface area contributed by atoms with Crippen LogP contribution in [0.5, 0.6) is 0 Å². The Hall–Kier alpha value is -3.64. The van der Waals surface area contributed by atoms with Crippen molar-refractivity contribution >= 4 is 40.7 Å². The predicted octanol–water partition coefficient (Wildman–Crippen LogP) is 4.88. The van der Waals surface area contributed by atoms with Crippen molar-refractivity contribution in [2.24, 2.45) is 10.9 Å². The zero-order valence-corrected chi connectivity index (χ0v) is 23.2. The fourth-order valence-electron chi connectivity index (χ4n) is 4.84. The summed E-state index contributed by atoms with van der Waals surface area (Å²) >= 11 is 7.60. The Labute approximate surface area is 237 Å². The number of ether oxygens (including phenoxy) is 2. The molecule has 0 radical (unpaired) electrons. The van der Waals surface area contributed by atoms with Gasteiger partial charge in [-0.2, -0.15) is 0 Å². The molecule has 2 unspecified atom stereocenters. The van der Waals surface area contributed by atoms with Crippen LogP contribution in [0.1, 0.15) is 53.7 Å². The smallest absolute Gasteiger partial charge is 0.338 e. The van der Waals surface area contributed by atoms with Crippen LogP contribution in [0.4, 0.5) is 8.78 Å². The van der Waals surface area contributed by atoms with Crippen molar-refractivity contribution in [3.63, 3.8) is 0 Å². The van der Waals surface area contributed by atoms with E-state index in [9.17, 15) is 18.4 Å². The molecule has 2 atom stereocenters. The number of aromatic nitrogens is 2. The summed E-state index contributed by atoms with van der Waals surface area (Å²) in [7, 11) is 1.32. The highest BCUT2D eigenvalue weighted by Crippen LogP contribution is 2.41. The van der Waals surface area contributed by atoms with E-state index in [1.807, 2.05) is 0 Å². The van der Waals surface area contributed by atoms with Gasteiger partial charge in [-0.15, -0.1) is 11.3 Å². The standard InChI is InChI=1S/C27H25ClF2N4O5S/c1-3-38-27(36)20-23(13-4-7-16-17(12-13)39-18(32-16)8-9-19(35)37-2)33-25(26-31-10-11-40-26)34-24(20)14-5-6-15(29)22(30)21(14)28/h5-6,10-11,13,24H,3-4,7-9,12H2,1-2H3,(H,33,34). The summed E-state index contributed by atoms with van der Waals surface area (Å²) in [5.74, 6) is -2.16. The number of nitrogens with one attached hydrogen (secondary N) is 1. The first-order valence-corrected chi connectivity index (χ1v) is 13.9. The molecule has 1 aromatic carbocycles. The molecule has 2 aliphatic rings. The minimum atomic E-state index is -1.23. The van der Waals surface area contributed by atoms with Crippen LogP contribution in [0.2, 0.25) is 5.02 Å². The second-order valence-corrected chi connectivity index (χ2v) is 10.4. The molecule has 1 N–H and O–H groups in total. The first-order valence-electron chi connectivity index (χ1n) is 12.6. The number of esters is 2. The lowest BCUT2D eigenvalue weighted by molar-refractivity contribution is -0.141. The van der Waals surface area contributed by atoms with Crippen molar-refractivity contribution in [3.8, 4) is 0 Å². The SMILES string of the molecule is CCOC(=O)C1=C(C2CCc3nc(CCC(=O)OC)oc3C2)NC(c2nccs2)=NC1c1ccc(F)c(F)c1Cl. The Morgan fingerprint density at radius 2 is 2.12 bits per heavy atom.